The number of aliphatic hydroxyl groups is 2. The van der Waals surface area contributed by atoms with Gasteiger partial charge in [0.15, 0.2) is 5.78 Å². The first-order valence-corrected chi connectivity index (χ1v) is 3.33. The van der Waals surface area contributed by atoms with E-state index in [-0.39, 0.29) is 6.54 Å². The summed E-state index contributed by atoms with van der Waals surface area (Å²) in [5, 5.41) is 18.0. The minimum atomic E-state index is -1.33. The lowest BCUT2D eigenvalue weighted by atomic mass is 10.0. The van der Waals surface area contributed by atoms with Crippen LogP contribution in [0.15, 0.2) is 0 Å². The van der Waals surface area contributed by atoms with Crippen molar-refractivity contribution in [1.29, 1.82) is 0 Å². The summed E-state index contributed by atoms with van der Waals surface area (Å²) >= 11 is 0. The van der Waals surface area contributed by atoms with Crippen molar-refractivity contribution in [2.75, 3.05) is 6.54 Å². The van der Waals surface area contributed by atoms with Crippen molar-refractivity contribution in [3.8, 4) is 0 Å². The highest BCUT2D eigenvalue weighted by atomic mass is 16.3. The van der Waals surface area contributed by atoms with Gasteiger partial charge >= 0.3 is 0 Å². The molecule has 0 rings (SSSR count). The minimum Gasteiger partial charge on any atom is -0.390 e. The van der Waals surface area contributed by atoms with Crippen LogP contribution in [0, 0.1) is 0 Å². The van der Waals surface area contributed by atoms with Crippen LogP contribution in [-0.2, 0) is 4.79 Å². The number of rotatable bonds is 4. The van der Waals surface area contributed by atoms with E-state index in [0.29, 0.717) is 0 Å². The zero-order chi connectivity index (χ0) is 9.02. The van der Waals surface area contributed by atoms with Crippen LogP contribution >= 0.6 is 0 Å². The summed E-state index contributed by atoms with van der Waals surface area (Å²) in [5.74, 6) is -0.468. The van der Waals surface area contributed by atoms with Crippen molar-refractivity contribution in [3.05, 3.63) is 0 Å². The van der Waals surface area contributed by atoms with Gasteiger partial charge in [-0.2, -0.15) is 0 Å². The standard InChI is InChI=1S/C6H14N2O3/c1-3(9)6(11)5(8)4(10)2-7/h4-6,10-11H,2,7-8H2,1H3. The third-order valence-corrected chi connectivity index (χ3v) is 1.47. The highest BCUT2D eigenvalue weighted by molar-refractivity contribution is 5.81. The molecule has 0 aliphatic heterocycles. The Morgan fingerprint density at radius 2 is 2.00 bits per heavy atom. The molecule has 66 valence electrons. The number of hydrogen-bond acceptors (Lipinski definition) is 5. The molecule has 0 saturated carbocycles. The van der Waals surface area contributed by atoms with Gasteiger partial charge in [0.05, 0.1) is 12.1 Å². The Morgan fingerprint density at radius 1 is 1.55 bits per heavy atom. The molecule has 0 aromatic carbocycles. The predicted molar refractivity (Wildman–Crippen MR) is 39.7 cm³/mol. The largest absolute Gasteiger partial charge is 0.390 e. The SMILES string of the molecule is CC(=O)C(O)C(N)C(O)CN. The fourth-order valence-electron chi connectivity index (χ4n) is 0.639. The lowest BCUT2D eigenvalue weighted by Crippen LogP contribution is -2.50. The summed E-state index contributed by atoms with van der Waals surface area (Å²) in [7, 11) is 0. The van der Waals surface area contributed by atoms with Crippen molar-refractivity contribution in [2.24, 2.45) is 11.5 Å². The average Bonchev–Trinajstić information content (AvgIpc) is 2.00. The van der Waals surface area contributed by atoms with E-state index in [1.54, 1.807) is 0 Å². The fraction of sp³-hybridized carbons (Fsp3) is 0.833. The summed E-state index contributed by atoms with van der Waals surface area (Å²) in [6.07, 6.45) is -2.36. The normalized spacial score (nSPS) is 19.0. The van der Waals surface area contributed by atoms with E-state index in [0.717, 1.165) is 0 Å². The van der Waals surface area contributed by atoms with Crippen molar-refractivity contribution >= 4 is 5.78 Å². The summed E-state index contributed by atoms with van der Waals surface area (Å²) in [5.41, 5.74) is 10.3. The molecule has 0 aromatic rings. The van der Waals surface area contributed by atoms with Gasteiger partial charge in [-0.25, -0.2) is 0 Å². The quantitative estimate of drug-likeness (QED) is 0.368. The van der Waals surface area contributed by atoms with E-state index in [1.165, 1.54) is 6.92 Å². The molecular weight excluding hydrogens is 148 g/mol. The minimum absolute atomic E-state index is 0.0640. The summed E-state index contributed by atoms with van der Waals surface area (Å²) in [6.45, 7) is 1.14. The first kappa shape index (κ1) is 10.5. The Bertz CT molecular complexity index is 140. The van der Waals surface area contributed by atoms with Gasteiger partial charge in [-0.15, -0.1) is 0 Å². The Balaban J connectivity index is 4.00. The van der Waals surface area contributed by atoms with Crippen LogP contribution in [0.1, 0.15) is 6.92 Å². The number of carbonyl (C=O) groups excluding carboxylic acids is 1. The molecule has 0 bridgehead atoms. The summed E-state index contributed by atoms with van der Waals surface area (Å²) in [6, 6.07) is -0.988. The van der Waals surface area contributed by atoms with E-state index < -0.39 is 24.0 Å². The molecule has 0 aromatic heterocycles. The molecule has 0 spiro atoms. The molecule has 0 amide bonds. The maximum atomic E-state index is 10.5. The molecule has 0 saturated heterocycles. The van der Waals surface area contributed by atoms with Crippen molar-refractivity contribution in [1.82, 2.24) is 0 Å². The van der Waals surface area contributed by atoms with Crippen LogP contribution < -0.4 is 11.5 Å². The van der Waals surface area contributed by atoms with Crippen LogP contribution in [-0.4, -0.2) is 40.8 Å². The van der Waals surface area contributed by atoms with Crippen LogP contribution in [0.3, 0.4) is 0 Å². The zero-order valence-electron chi connectivity index (χ0n) is 6.40. The van der Waals surface area contributed by atoms with Crippen molar-refractivity contribution in [3.63, 3.8) is 0 Å². The molecular formula is C6H14N2O3. The Morgan fingerprint density at radius 3 is 2.27 bits per heavy atom. The first-order valence-electron chi connectivity index (χ1n) is 3.33. The van der Waals surface area contributed by atoms with Gasteiger partial charge in [0.1, 0.15) is 6.10 Å². The van der Waals surface area contributed by atoms with E-state index >= 15 is 0 Å². The second-order valence-corrected chi connectivity index (χ2v) is 2.44. The molecule has 0 aliphatic carbocycles. The van der Waals surface area contributed by atoms with Crippen LogP contribution in [0.4, 0.5) is 0 Å². The number of aliphatic hydroxyl groups excluding tert-OH is 2. The molecule has 11 heavy (non-hydrogen) atoms. The van der Waals surface area contributed by atoms with Crippen molar-refractivity contribution < 1.29 is 15.0 Å². The molecule has 5 heteroatoms. The summed E-state index contributed by atoms with van der Waals surface area (Å²) < 4.78 is 0. The Labute approximate surface area is 65.0 Å². The molecule has 0 radical (unpaired) electrons. The zero-order valence-corrected chi connectivity index (χ0v) is 6.40. The van der Waals surface area contributed by atoms with Crippen LogP contribution in [0.5, 0.6) is 0 Å². The molecule has 6 N–H and O–H groups in total. The highest BCUT2D eigenvalue weighted by Gasteiger charge is 2.24. The number of Topliss-reactive ketones (excluding diaryl/α,β-unsaturated/α-hetero) is 1. The maximum Gasteiger partial charge on any atom is 0.159 e. The number of nitrogens with two attached hydrogens (primary N) is 2. The Kier molecular flexibility index (Phi) is 4.20. The third kappa shape index (κ3) is 2.94. The van der Waals surface area contributed by atoms with Gasteiger partial charge in [-0.3, -0.25) is 4.79 Å². The predicted octanol–water partition coefficient (Wildman–Crippen LogP) is -2.42. The molecule has 0 heterocycles. The first-order chi connectivity index (χ1) is 5.00. The average molecular weight is 162 g/mol. The van der Waals surface area contributed by atoms with Gasteiger partial charge in [0, 0.05) is 6.54 Å². The lowest BCUT2D eigenvalue weighted by Gasteiger charge is -2.20. The maximum absolute atomic E-state index is 10.5. The van der Waals surface area contributed by atoms with Crippen LogP contribution in [0.25, 0.3) is 0 Å². The number of hydrogen-bond donors (Lipinski definition) is 4. The van der Waals surface area contributed by atoms with Gasteiger partial charge in [0.2, 0.25) is 0 Å². The second-order valence-electron chi connectivity index (χ2n) is 2.44. The van der Waals surface area contributed by atoms with Gasteiger partial charge < -0.3 is 21.7 Å². The van der Waals surface area contributed by atoms with Crippen LogP contribution in [0.2, 0.25) is 0 Å². The van der Waals surface area contributed by atoms with Gasteiger partial charge in [-0.05, 0) is 6.92 Å². The van der Waals surface area contributed by atoms with Gasteiger partial charge in [-0.1, -0.05) is 0 Å². The van der Waals surface area contributed by atoms with Crippen molar-refractivity contribution in [2.45, 2.75) is 25.2 Å². The lowest BCUT2D eigenvalue weighted by molar-refractivity contribution is -0.127. The highest BCUT2D eigenvalue weighted by Crippen LogP contribution is 1.96. The van der Waals surface area contributed by atoms with E-state index in [9.17, 15) is 4.79 Å². The fourth-order valence-corrected chi connectivity index (χ4v) is 0.639. The molecule has 5 nitrogen and oxygen atoms in total. The van der Waals surface area contributed by atoms with E-state index in [1.807, 2.05) is 0 Å². The molecule has 0 aliphatic rings. The molecule has 3 unspecified atom stereocenters. The number of carbonyl (C=O) groups is 1. The number of ketones is 1. The third-order valence-electron chi connectivity index (χ3n) is 1.47. The smallest absolute Gasteiger partial charge is 0.159 e. The van der Waals surface area contributed by atoms with E-state index in [4.69, 9.17) is 21.7 Å². The summed E-state index contributed by atoms with van der Waals surface area (Å²) in [4.78, 5) is 10.5. The molecule has 3 atom stereocenters. The Hall–Kier alpha value is -0.490. The topological polar surface area (TPSA) is 110 Å². The van der Waals surface area contributed by atoms with Gasteiger partial charge in [0.25, 0.3) is 0 Å². The second kappa shape index (κ2) is 4.40. The monoisotopic (exact) mass is 162 g/mol. The molecule has 0 fully saturated rings. The van der Waals surface area contributed by atoms with E-state index in [2.05, 4.69) is 0 Å².